The number of nitrogens with zero attached hydrogens (tertiary/aromatic N) is 2. The van der Waals surface area contributed by atoms with E-state index >= 15 is 0 Å². The van der Waals surface area contributed by atoms with Gasteiger partial charge in [0.2, 0.25) is 17.7 Å². The standard InChI is InChI=1S/C44H63N3O11S2/c1-4-5-6-7-8-9-14-46-41(36-12-10-27-59-36)39-40(43(46)49)42(37-13-11-28-60-37)47(44(39)50)32-38(48)45-33-29-34(57-25-23-55-21-19-53-17-15-51-2)31-35(30-33)58-26-24-56-22-20-54-18-16-52-3/h10-13,27-31,39-42H,4-9,14-26,32H2,1-3H3,(H,45,48). The molecule has 0 spiro atoms. The Morgan fingerprint density at radius 3 is 1.58 bits per heavy atom. The highest BCUT2D eigenvalue weighted by Crippen LogP contribution is 2.55. The largest absolute Gasteiger partial charge is 0.491 e. The summed E-state index contributed by atoms with van der Waals surface area (Å²) in [4.78, 5) is 48.6. The zero-order chi connectivity index (χ0) is 42.4. The molecule has 332 valence electrons. The maximum atomic E-state index is 14.6. The van der Waals surface area contributed by atoms with Crippen molar-refractivity contribution >= 4 is 46.1 Å². The number of hydrogen-bond acceptors (Lipinski definition) is 13. The number of benzene rings is 1. The van der Waals surface area contributed by atoms with Crippen LogP contribution in [0.5, 0.6) is 11.5 Å². The Labute approximate surface area is 362 Å². The molecule has 4 heterocycles. The van der Waals surface area contributed by atoms with Crippen LogP contribution in [-0.2, 0) is 42.8 Å². The van der Waals surface area contributed by atoms with E-state index < -0.39 is 23.8 Å². The molecule has 2 saturated heterocycles. The highest BCUT2D eigenvalue weighted by atomic mass is 32.1. The Morgan fingerprint density at radius 2 is 1.08 bits per heavy atom. The second-order valence-corrected chi connectivity index (χ2v) is 16.6. The van der Waals surface area contributed by atoms with Crippen molar-refractivity contribution in [2.45, 2.75) is 57.5 Å². The van der Waals surface area contributed by atoms with Crippen LogP contribution in [0.15, 0.2) is 53.2 Å². The van der Waals surface area contributed by atoms with Crippen LogP contribution in [0, 0.1) is 11.8 Å². The number of unbranched alkanes of at least 4 members (excludes halogenated alkanes) is 5. The van der Waals surface area contributed by atoms with Gasteiger partial charge in [0.15, 0.2) is 0 Å². The molecule has 16 heteroatoms. The summed E-state index contributed by atoms with van der Waals surface area (Å²) in [5, 5.41) is 6.93. The average molecular weight is 874 g/mol. The summed E-state index contributed by atoms with van der Waals surface area (Å²) >= 11 is 3.07. The lowest BCUT2D eigenvalue weighted by molar-refractivity contribution is -0.138. The summed E-state index contributed by atoms with van der Waals surface area (Å²) in [6.45, 7) is 7.50. The van der Waals surface area contributed by atoms with Crippen molar-refractivity contribution in [2.75, 3.05) is 112 Å². The molecule has 0 bridgehead atoms. The molecule has 4 unspecified atom stereocenters. The Bertz CT molecular complexity index is 1640. The maximum Gasteiger partial charge on any atom is 0.244 e. The summed E-state index contributed by atoms with van der Waals surface area (Å²) < 4.78 is 44.2. The van der Waals surface area contributed by atoms with Crippen LogP contribution in [0.2, 0.25) is 0 Å². The fourth-order valence-corrected chi connectivity index (χ4v) is 9.38. The van der Waals surface area contributed by atoms with Crippen molar-refractivity contribution in [3.8, 4) is 11.5 Å². The number of thiophene rings is 2. The monoisotopic (exact) mass is 873 g/mol. The van der Waals surface area contributed by atoms with E-state index in [1.54, 1.807) is 48.7 Å². The average Bonchev–Trinajstić information content (AvgIpc) is 4.06. The second kappa shape index (κ2) is 26.7. The van der Waals surface area contributed by atoms with Crippen LogP contribution >= 0.6 is 22.7 Å². The molecule has 60 heavy (non-hydrogen) atoms. The van der Waals surface area contributed by atoms with E-state index in [9.17, 15) is 14.4 Å². The van der Waals surface area contributed by atoms with Crippen LogP contribution in [0.25, 0.3) is 0 Å². The summed E-state index contributed by atoms with van der Waals surface area (Å²) in [5.41, 5.74) is 0.435. The summed E-state index contributed by atoms with van der Waals surface area (Å²) in [6, 6.07) is 12.1. The Hall–Kier alpha value is -3.61. The number of fused-ring (bicyclic) bond motifs is 1. The second-order valence-electron chi connectivity index (χ2n) is 14.6. The molecule has 0 radical (unpaired) electrons. The molecule has 2 aliphatic heterocycles. The lowest BCUT2D eigenvalue weighted by Gasteiger charge is -2.31. The third-order valence-electron chi connectivity index (χ3n) is 10.4. The van der Waals surface area contributed by atoms with E-state index in [1.807, 2.05) is 39.9 Å². The molecule has 5 rings (SSSR count). The summed E-state index contributed by atoms with van der Waals surface area (Å²) in [6.07, 6.45) is 6.65. The van der Waals surface area contributed by atoms with Crippen LogP contribution < -0.4 is 14.8 Å². The van der Waals surface area contributed by atoms with Gasteiger partial charge in [0, 0.05) is 54.4 Å². The lowest BCUT2D eigenvalue weighted by Crippen LogP contribution is -2.41. The third-order valence-corrected chi connectivity index (χ3v) is 12.3. The first kappa shape index (κ1) is 47.4. The van der Waals surface area contributed by atoms with Crippen molar-refractivity contribution < 1.29 is 52.3 Å². The first-order valence-corrected chi connectivity index (χ1v) is 22.9. The number of carbonyl (C=O) groups excluding carboxylic acids is 3. The van der Waals surface area contributed by atoms with Crippen LogP contribution in [0.4, 0.5) is 5.69 Å². The van der Waals surface area contributed by atoms with E-state index in [-0.39, 0.29) is 37.6 Å². The minimum atomic E-state index is -0.592. The van der Waals surface area contributed by atoms with Gasteiger partial charge in [-0.05, 0) is 29.3 Å². The van der Waals surface area contributed by atoms with E-state index in [0.717, 1.165) is 29.0 Å². The smallest absolute Gasteiger partial charge is 0.244 e. The van der Waals surface area contributed by atoms with Crippen molar-refractivity contribution in [3.63, 3.8) is 0 Å². The number of ether oxygens (including phenoxy) is 8. The first-order chi connectivity index (χ1) is 29.5. The Kier molecular flexibility index (Phi) is 21.1. The molecular weight excluding hydrogens is 811 g/mol. The SMILES string of the molecule is CCCCCCCCN1C(=O)C2C(C(=O)N(CC(=O)Nc3cc(OCCOCCOCCOC)cc(OCCOCCOCCOC)c3)C2c2cccs2)C1c1cccs1. The minimum absolute atomic E-state index is 0.0153. The molecule has 14 nitrogen and oxygen atoms in total. The van der Waals surface area contributed by atoms with Gasteiger partial charge in [0.1, 0.15) is 31.3 Å². The van der Waals surface area contributed by atoms with E-state index in [2.05, 4.69) is 12.2 Å². The van der Waals surface area contributed by atoms with Crippen molar-refractivity contribution in [3.05, 3.63) is 63.0 Å². The predicted octanol–water partition coefficient (Wildman–Crippen LogP) is 6.62. The molecular formula is C44H63N3O11S2. The molecule has 4 atom stereocenters. The molecule has 2 aliphatic rings. The number of carbonyl (C=O) groups is 3. The zero-order valence-corrected chi connectivity index (χ0v) is 37.0. The van der Waals surface area contributed by atoms with Gasteiger partial charge in [-0.1, -0.05) is 51.2 Å². The van der Waals surface area contributed by atoms with Gasteiger partial charge < -0.3 is 53.0 Å². The van der Waals surface area contributed by atoms with Gasteiger partial charge in [-0.25, -0.2) is 0 Å². The van der Waals surface area contributed by atoms with Crippen molar-refractivity contribution in [1.82, 2.24) is 9.80 Å². The topological polar surface area (TPSA) is 144 Å². The number of hydrogen-bond donors (Lipinski definition) is 1. The van der Waals surface area contributed by atoms with E-state index in [0.29, 0.717) is 89.8 Å². The molecule has 2 fully saturated rings. The fourth-order valence-electron chi connectivity index (χ4n) is 7.61. The zero-order valence-electron chi connectivity index (χ0n) is 35.3. The normalized spacial score (nSPS) is 18.7. The molecule has 1 N–H and O–H groups in total. The minimum Gasteiger partial charge on any atom is -0.491 e. The highest BCUT2D eigenvalue weighted by molar-refractivity contribution is 7.10. The van der Waals surface area contributed by atoms with Gasteiger partial charge >= 0.3 is 0 Å². The fraction of sp³-hybridized carbons (Fsp3) is 0.614. The van der Waals surface area contributed by atoms with Gasteiger partial charge in [-0.15, -0.1) is 22.7 Å². The Balaban J connectivity index is 1.25. The van der Waals surface area contributed by atoms with Gasteiger partial charge in [-0.3, -0.25) is 14.4 Å². The van der Waals surface area contributed by atoms with Gasteiger partial charge in [0.25, 0.3) is 0 Å². The highest BCUT2D eigenvalue weighted by Gasteiger charge is 2.62. The van der Waals surface area contributed by atoms with Gasteiger partial charge in [0.05, 0.1) is 90.0 Å². The number of anilines is 1. The lowest BCUT2D eigenvalue weighted by atomic mass is 9.87. The van der Waals surface area contributed by atoms with Gasteiger partial charge in [-0.2, -0.15) is 0 Å². The first-order valence-electron chi connectivity index (χ1n) is 21.1. The number of amides is 3. The number of rotatable bonds is 32. The predicted molar refractivity (Wildman–Crippen MR) is 231 cm³/mol. The molecule has 1 aromatic carbocycles. The molecule has 2 aromatic heterocycles. The number of likely N-dealkylation sites (tertiary alicyclic amines) is 2. The molecule has 3 amide bonds. The third kappa shape index (κ3) is 14.2. The van der Waals surface area contributed by atoms with E-state index in [1.165, 1.54) is 30.6 Å². The Morgan fingerprint density at radius 1 is 0.617 bits per heavy atom. The molecule has 0 saturated carbocycles. The molecule has 0 aliphatic carbocycles. The summed E-state index contributed by atoms with van der Waals surface area (Å²) in [5.74, 6) is -0.844. The number of methoxy groups -OCH3 is 2. The summed E-state index contributed by atoms with van der Waals surface area (Å²) in [7, 11) is 3.25. The maximum absolute atomic E-state index is 14.6. The quantitative estimate of drug-likeness (QED) is 0.0676. The van der Waals surface area contributed by atoms with Crippen LogP contribution in [0.1, 0.15) is 67.3 Å². The number of nitrogens with one attached hydrogen (secondary N) is 1. The van der Waals surface area contributed by atoms with Crippen LogP contribution in [0.3, 0.4) is 0 Å². The van der Waals surface area contributed by atoms with Crippen molar-refractivity contribution in [1.29, 1.82) is 0 Å². The van der Waals surface area contributed by atoms with Crippen LogP contribution in [-0.4, -0.2) is 134 Å². The molecule has 3 aromatic rings. The van der Waals surface area contributed by atoms with E-state index in [4.69, 9.17) is 37.9 Å². The van der Waals surface area contributed by atoms with Crippen molar-refractivity contribution in [2.24, 2.45) is 11.8 Å².